The standard InChI is InChI=1S/C18H22N2O4/c1-3-24-13-16-7-5-4-6-15(16)12-19-11-14-8-9-18(23-2)17(10-14)20(21)22/h4-10,19H,3,11-13H2,1-2H3. The average Bonchev–Trinajstić information content (AvgIpc) is 2.60. The molecule has 0 aromatic heterocycles. The summed E-state index contributed by atoms with van der Waals surface area (Å²) in [7, 11) is 1.43. The van der Waals surface area contributed by atoms with Crippen molar-refractivity contribution in [3.8, 4) is 5.75 Å². The van der Waals surface area contributed by atoms with Crippen molar-refractivity contribution >= 4 is 5.69 Å². The maximum Gasteiger partial charge on any atom is 0.311 e. The van der Waals surface area contributed by atoms with Gasteiger partial charge in [0.25, 0.3) is 0 Å². The second-order valence-electron chi connectivity index (χ2n) is 5.27. The molecule has 0 unspecified atom stereocenters. The summed E-state index contributed by atoms with van der Waals surface area (Å²) in [4.78, 5) is 10.6. The monoisotopic (exact) mass is 330 g/mol. The van der Waals surface area contributed by atoms with Crippen LogP contribution in [0.2, 0.25) is 0 Å². The molecule has 2 aromatic carbocycles. The van der Waals surface area contributed by atoms with Crippen LogP contribution in [-0.4, -0.2) is 18.6 Å². The lowest BCUT2D eigenvalue weighted by Crippen LogP contribution is -2.14. The van der Waals surface area contributed by atoms with Crippen LogP contribution in [-0.2, 0) is 24.4 Å². The quantitative estimate of drug-likeness (QED) is 0.563. The number of nitro benzene ring substituents is 1. The Balaban J connectivity index is 2.00. The number of benzene rings is 2. The predicted octanol–water partition coefficient (Wildman–Crippen LogP) is 3.43. The third kappa shape index (κ3) is 4.78. The molecule has 0 saturated heterocycles. The number of ether oxygens (including phenoxy) is 2. The van der Waals surface area contributed by atoms with Crippen LogP contribution in [0.4, 0.5) is 5.69 Å². The minimum absolute atomic E-state index is 0.0199. The van der Waals surface area contributed by atoms with Crippen LogP contribution in [0.5, 0.6) is 5.75 Å². The third-order valence-electron chi connectivity index (χ3n) is 3.66. The number of hydrogen-bond acceptors (Lipinski definition) is 5. The summed E-state index contributed by atoms with van der Waals surface area (Å²) in [6.07, 6.45) is 0. The zero-order valence-corrected chi connectivity index (χ0v) is 14.0. The van der Waals surface area contributed by atoms with Gasteiger partial charge in [-0.2, -0.15) is 0 Å². The number of nitrogens with zero attached hydrogens (tertiary/aromatic N) is 1. The van der Waals surface area contributed by atoms with Crippen LogP contribution in [0.15, 0.2) is 42.5 Å². The zero-order chi connectivity index (χ0) is 17.4. The Morgan fingerprint density at radius 1 is 1.12 bits per heavy atom. The minimum Gasteiger partial charge on any atom is -0.490 e. The normalized spacial score (nSPS) is 10.6. The Bertz CT molecular complexity index is 688. The van der Waals surface area contributed by atoms with Gasteiger partial charge in [0.2, 0.25) is 0 Å². The first-order valence-corrected chi connectivity index (χ1v) is 7.82. The van der Waals surface area contributed by atoms with Crippen molar-refractivity contribution < 1.29 is 14.4 Å². The van der Waals surface area contributed by atoms with Gasteiger partial charge in [-0.3, -0.25) is 10.1 Å². The van der Waals surface area contributed by atoms with Gasteiger partial charge >= 0.3 is 5.69 Å². The molecule has 0 fully saturated rings. The van der Waals surface area contributed by atoms with Gasteiger partial charge in [-0.1, -0.05) is 30.3 Å². The Labute approximate surface area is 141 Å². The molecule has 0 aliphatic carbocycles. The fourth-order valence-electron chi connectivity index (χ4n) is 2.41. The molecule has 2 rings (SSSR count). The maximum atomic E-state index is 11.1. The van der Waals surface area contributed by atoms with Crippen LogP contribution >= 0.6 is 0 Å². The van der Waals surface area contributed by atoms with Gasteiger partial charge in [0.15, 0.2) is 5.75 Å². The lowest BCUT2D eigenvalue weighted by atomic mass is 10.1. The van der Waals surface area contributed by atoms with Gasteiger partial charge < -0.3 is 14.8 Å². The number of rotatable bonds is 9. The fourth-order valence-corrected chi connectivity index (χ4v) is 2.41. The van der Waals surface area contributed by atoms with E-state index in [1.54, 1.807) is 6.07 Å². The molecule has 0 saturated carbocycles. The molecule has 0 heterocycles. The molecule has 0 spiro atoms. The first-order valence-electron chi connectivity index (χ1n) is 7.82. The van der Waals surface area contributed by atoms with Crippen molar-refractivity contribution in [2.75, 3.05) is 13.7 Å². The van der Waals surface area contributed by atoms with Gasteiger partial charge in [0.1, 0.15) is 0 Å². The number of nitrogens with one attached hydrogen (secondary N) is 1. The maximum absolute atomic E-state index is 11.1. The van der Waals surface area contributed by atoms with E-state index in [1.165, 1.54) is 13.2 Å². The van der Waals surface area contributed by atoms with Crippen LogP contribution < -0.4 is 10.1 Å². The summed E-state index contributed by atoms with van der Waals surface area (Å²) >= 11 is 0. The second-order valence-corrected chi connectivity index (χ2v) is 5.27. The summed E-state index contributed by atoms with van der Waals surface area (Å²) < 4.78 is 10.5. The lowest BCUT2D eigenvalue weighted by molar-refractivity contribution is -0.385. The summed E-state index contributed by atoms with van der Waals surface area (Å²) in [6, 6.07) is 13.1. The molecule has 0 aliphatic heterocycles. The van der Waals surface area contributed by atoms with Gasteiger partial charge in [-0.25, -0.2) is 0 Å². The molecule has 0 atom stereocenters. The zero-order valence-electron chi connectivity index (χ0n) is 14.0. The van der Waals surface area contributed by atoms with Gasteiger partial charge in [0.05, 0.1) is 18.6 Å². The third-order valence-corrected chi connectivity index (χ3v) is 3.66. The van der Waals surface area contributed by atoms with E-state index in [1.807, 2.05) is 31.2 Å². The first-order chi connectivity index (χ1) is 11.7. The van der Waals surface area contributed by atoms with E-state index in [0.717, 1.165) is 16.7 Å². The van der Waals surface area contributed by atoms with Gasteiger partial charge in [-0.15, -0.1) is 0 Å². The molecule has 128 valence electrons. The van der Waals surface area contributed by atoms with Crippen molar-refractivity contribution in [1.29, 1.82) is 0 Å². The minimum atomic E-state index is -0.431. The van der Waals surface area contributed by atoms with E-state index in [4.69, 9.17) is 9.47 Å². The Kier molecular flexibility index (Phi) is 6.72. The van der Waals surface area contributed by atoms with Crippen LogP contribution in [0.25, 0.3) is 0 Å². The van der Waals surface area contributed by atoms with E-state index >= 15 is 0 Å². The molecule has 0 bridgehead atoms. The van der Waals surface area contributed by atoms with Gasteiger partial charge in [-0.05, 0) is 29.7 Å². The summed E-state index contributed by atoms with van der Waals surface area (Å²) in [5.74, 6) is 0.269. The molecule has 2 aromatic rings. The second kappa shape index (κ2) is 9.00. The van der Waals surface area contributed by atoms with Crippen molar-refractivity contribution in [2.45, 2.75) is 26.6 Å². The lowest BCUT2D eigenvalue weighted by Gasteiger charge is -2.11. The Morgan fingerprint density at radius 3 is 2.54 bits per heavy atom. The van der Waals surface area contributed by atoms with Crippen molar-refractivity contribution in [1.82, 2.24) is 5.32 Å². The van der Waals surface area contributed by atoms with Crippen molar-refractivity contribution in [2.24, 2.45) is 0 Å². The molecular formula is C18H22N2O4. The summed E-state index contributed by atoms with van der Waals surface area (Å²) in [5.41, 5.74) is 3.12. The highest BCUT2D eigenvalue weighted by atomic mass is 16.6. The highest BCUT2D eigenvalue weighted by Crippen LogP contribution is 2.27. The van der Waals surface area contributed by atoms with E-state index in [9.17, 15) is 10.1 Å². The highest BCUT2D eigenvalue weighted by molar-refractivity contribution is 5.48. The SMILES string of the molecule is CCOCc1ccccc1CNCc1ccc(OC)c([N+](=O)[O-])c1. The number of hydrogen-bond donors (Lipinski definition) is 1. The highest BCUT2D eigenvalue weighted by Gasteiger charge is 2.14. The van der Waals surface area contributed by atoms with Crippen LogP contribution in [0, 0.1) is 10.1 Å². The molecule has 0 radical (unpaired) electrons. The average molecular weight is 330 g/mol. The first kappa shape index (κ1) is 17.9. The molecule has 0 amide bonds. The van der Waals surface area contributed by atoms with E-state index in [0.29, 0.717) is 26.3 Å². The van der Waals surface area contributed by atoms with Gasteiger partial charge in [0, 0.05) is 25.8 Å². The molecule has 1 N–H and O–H groups in total. The predicted molar refractivity (Wildman–Crippen MR) is 92.0 cm³/mol. The van der Waals surface area contributed by atoms with E-state index in [-0.39, 0.29) is 11.4 Å². The number of methoxy groups -OCH3 is 1. The molecule has 6 heteroatoms. The number of nitro groups is 1. The van der Waals surface area contributed by atoms with Crippen LogP contribution in [0.1, 0.15) is 23.6 Å². The smallest absolute Gasteiger partial charge is 0.311 e. The fraction of sp³-hybridized carbons (Fsp3) is 0.333. The summed E-state index contributed by atoms with van der Waals surface area (Å²) in [6.45, 7) is 4.44. The summed E-state index contributed by atoms with van der Waals surface area (Å²) in [5, 5.41) is 14.4. The molecule has 24 heavy (non-hydrogen) atoms. The van der Waals surface area contributed by atoms with Crippen molar-refractivity contribution in [3.63, 3.8) is 0 Å². The Morgan fingerprint density at radius 2 is 1.88 bits per heavy atom. The van der Waals surface area contributed by atoms with E-state index < -0.39 is 4.92 Å². The topological polar surface area (TPSA) is 73.6 Å². The molecule has 0 aliphatic rings. The molecular weight excluding hydrogens is 308 g/mol. The largest absolute Gasteiger partial charge is 0.490 e. The van der Waals surface area contributed by atoms with Crippen molar-refractivity contribution in [3.05, 3.63) is 69.3 Å². The Hall–Kier alpha value is -2.44. The molecule has 6 nitrogen and oxygen atoms in total. The van der Waals surface area contributed by atoms with E-state index in [2.05, 4.69) is 11.4 Å². The van der Waals surface area contributed by atoms with Crippen LogP contribution in [0.3, 0.4) is 0 Å².